The fourth-order valence-corrected chi connectivity index (χ4v) is 6.15. The Hall–Kier alpha value is -6.06. The maximum Gasteiger partial charge on any atom is 0.0705 e. The molecule has 7 aromatic carbocycles. The zero-order chi connectivity index (χ0) is 32.0. The first-order valence-corrected chi connectivity index (χ1v) is 16.0. The van der Waals surface area contributed by atoms with Crippen molar-refractivity contribution in [3.63, 3.8) is 0 Å². The van der Waals surface area contributed by atoms with Gasteiger partial charge in [-0.15, -0.1) is 0 Å². The van der Waals surface area contributed by atoms with Gasteiger partial charge in [-0.05, 0) is 110 Å². The van der Waals surface area contributed by atoms with E-state index in [9.17, 15) is 0 Å². The van der Waals surface area contributed by atoms with Crippen LogP contribution in [0.25, 0.3) is 0 Å². The highest BCUT2D eigenvalue weighted by atomic mass is 15.2. The topological polar surface area (TPSA) is 9.72 Å². The van der Waals surface area contributed by atoms with E-state index in [1.807, 2.05) is 0 Å². The highest BCUT2D eigenvalue weighted by molar-refractivity contribution is 5.96. The highest BCUT2D eigenvalue weighted by Gasteiger charge is 2.26. The molecule has 0 N–H and O–H groups in total. The van der Waals surface area contributed by atoms with Crippen LogP contribution >= 0.6 is 0 Å². The van der Waals surface area contributed by atoms with Crippen LogP contribution in [0.5, 0.6) is 0 Å². The summed E-state index contributed by atoms with van der Waals surface area (Å²) in [6, 6.07) is 66.7. The van der Waals surface area contributed by atoms with Gasteiger partial charge in [0.2, 0.25) is 0 Å². The van der Waals surface area contributed by atoms with Gasteiger partial charge in [-0.25, -0.2) is 0 Å². The molecule has 0 spiro atoms. The Morgan fingerprint density at radius 3 is 0.787 bits per heavy atom. The van der Waals surface area contributed by atoms with Crippen molar-refractivity contribution < 1.29 is 0 Å². The van der Waals surface area contributed by atoms with Gasteiger partial charge in [-0.1, -0.05) is 103 Å². The lowest BCUT2D eigenvalue weighted by atomic mass is 10.0. The van der Waals surface area contributed by atoms with Crippen LogP contribution in [0.15, 0.2) is 188 Å². The van der Waals surface area contributed by atoms with Gasteiger partial charge in [0.25, 0.3) is 0 Å². The molecule has 0 aliphatic rings. The third-order valence-electron chi connectivity index (χ3n) is 8.30. The van der Waals surface area contributed by atoms with Crippen LogP contribution in [0.4, 0.5) is 51.2 Å². The summed E-state index contributed by atoms with van der Waals surface area (Å²) in [7, 11) is 0. The van der Waals surface area contributed by atoms with E-state index in [1.54, 1.807) is 0 Å². The monoisotopic (exact) mass is 607 g/mol. The molecule has 0 aliphatic carbocycles. The van der Waals surface area contributed by atoms with Gasteiger partial charge in [0, 0.05) is 28.4 Å². The van der Waals surface area contributed by atoms with E-state index in [1.165, 1.54) is 11.1 Å². The van der Waals surface area contributed by atoms with E-state index in [0.717, 1.165) is 51.2 Å². The first kappa shape index (κ1) is 29.6. The first-order valence-electron chi connectivity index (χ1n) is 16.0. The van der Waals surface area contributed by atoms with Gasteiger partial charge < -0.3 is 14.7 Å². The van der Waals surface area contributed by atoms with Crippen LogP contribution < -0.4 is 14.7 Å². The Balaban J connectivity index is 1.53. The molecule has 47 heavy (non-hydrogen) atoms. The summed E-state index contributed by atoms with van der Waals surface area (Å²) < 4.78 is 0. The van der Waals surface area contributed by atoms with Crippen molar-refractivity contribution in [1.29, 1.82) is 0 Å². The van der Waals surface area contributed by atoms with Crippen LogP contribution in [-0.4, -0.2) is 0 Å². The molecule has 0 amide bonds. The molecule has 0 saturated heterocycles. The zero-order valence-corrected chi connectivity index (χ0v) is 26.7. The van der Waals surface area contributed by atoms with Crippen LogP contribution in [0, 0.1) is 13.8 Å². The predicted octanol–water partition coefficient (Wildman–Crippen LogP) is 12.7. The Bertz CT molecular complexity index is 1830. The van der Waals surface area contributed by atoms with E-state index in [-0.39, 0.29) is 0 Å². The molecule has 7 aromatic rings. The van der Waals surface area contributed by atoms with Crippen molar-refractivity contribution in [2.24, 2.45) is 0 Å². The summed E-state index contributed by atoms with van der Waals surface area (Å²) in [5, 5.41) is 0. The fraction of sp³-hybridized carbons (Fsp3) is 0.0455. The Morgan fingerprint density at radius 2 is 0.511 bits per heavy atom. The fourth-order valence-electron chi connectivity index (χ4n) is 6.15. The minimum Gasteiger partial charge on any atom is -0.308 e. The number of nitrogens with zero attached hydrogens (tertiary/aromatic N) is 3. The zero-order valence-electron chi connectivity index (χ0n) is 26.7. The number of hydrogen-bond acceptors (Lipinski definition) is 3. The van der Waals surface area contributed by atoms with Gasteiger partial charge in [-0.2, -0.15) is 0 Å². The van der Waals surface area contributed by atoms with Crippen molar-refractivity contribution in [2.45, 2.75) is 13.8 Å². The van der Waals surface area contributed by atoms with E-state index >= 15 is 0 Å². The smallest absolute Gasteiger partial charge is 0.0705 e. The molecular weight excluding hydrogens is 571 g/mol. The molecule has 0 atom stereocenters. The van der Waals surface area contributed by atoms with Crippen LogP contribution in [-0.2, 0) is 0 Å². The highest BCUT2D eigenvalue weighted by Crippen LogP contribution is 2.50. The Labute approximate surface area is 278 Å². The number of aryl methyl sites for hydroxylation is 2. The van der Waals surface area contributed by atoms with Crippen LogP contribution in [0.1, 0.15) is 11.1 Å². The molecule has 0 saturated carbocycles. The summed E-state index contributed by atoms with van der Waals surface area (Å²) in [6.45, 7) is 4.34. The van der Waals surface area contributed by atoms with Crippen molar-refractivity contribution in [3.8, 4) is 0 Å². The van der Waals surface area contributed by atoms with E-state index in [2.05, 4.69) is 217 Å². The van der Waals surface area contributed by atoms with Crippen molar-refractivity contribution in [3.05, 3.63) is 199 Å². The average Bonchev–Trinajstić information content (AvgIpc) is 3.13. The van der Waals surface area contributed by atoms with E-state index in [0.29, 0.717) is 0 Å². The lowest BCUT2D eigenvalue weighted by Gasteiger charge is -2.36. The lowest BCUT2D eigenvalue weighted by molar-refractivity contribution is 1.19. The first-order chi connectivity index (χ1) is 23.2. The minimum atomic E-state index is 1.08. The predicted molar refractivity (Wildman–Crippen MR) is 200 cm³/mol. The minimum absolute atomic E-state index is 1.08. The summed E-state index contributed by atoms with van der Waals surface area (Å²) in [5.74, 6) is 0. The van der Waals surface area contributed by atoms with E-state index in [4.69, 9.17) is 0 Å². The summed E-state index contributed by atoms with van der Waals surface area (Å²) >= 11 is 0. The largest absolute Gasteiger partial charge is 0.308 e. The number of hydrogen-bond donors (Lipinski definition) is 0. The molecule has 0 heterocycles. The Morgan fingerprint density at radius 1 is 0.255 bits per heavy atom. The quantitative estimate of drug-likeness (QED) is 0.162. The third-order valence-corrected chi connectivity index (χ3v) is 8.30. The number of rotatable bonds is 9. The molecule has 228 valence electrons. The summed E-state index contributed by atoms with van der Waals surface area (Å²) in [5.41, 5.74) is 12.1. The van der Waals surface area contributed by atoms with Gasteiger partial charge >= 0.3 is 0 Å². The molecule has 0 aliphatic heterocycles. The van der Waals surface area contributed by atoms with Gasteiger partial charge in [-0.3, -0.25) is 0 Å². The second-order valence-corrected chi connectivity index (χ2v) is 11.7. The van der Waals surface area contributed by atoms with Gasteiger partial charge in [0.15, 0.2) is 0 Å². The SMILES string of the molecule is Cc1ccc(N(c2ccccc2)c2ccccc2)c(N(c2ccccc2)c2cc(C)ccc2N(c2ccccc2)c2ccccc2)c1. The molecule has 0 bridgehead atoms. The van der Waals surface area contributed by atoms with E-state index < -0.39 is 0 Å². The summed E-state index contributed by atoms with van der Waals surface area (Å²) in [6.07, 6.45) is 0. The lowest BCUT2D eigenvalue weighted by Crippen LogP contribution is -2.20. The third kappa shape index (κ3) is 6.25. The van der Waals surface area contributed by atoms with Crippen LogP contribution in [0.2, 0.25) is 0 Å². The normalized spacial score (nSPS) is 10.8. The maximum atomic E-state index is 2.42. The molecule has 0 aromatic heterocycles. The Kier molecular flexibility index (Phi) is 8.52. The van der Waals surface area contributed by atoms with Crippen LogP contribution in [0.3, 0.4) is 0 Å². The van der Waals surface area contributed by atoms with Gasteiger partial charge in [0.05, 0.1) is 22.7 Å². The van der Waals surface area contributed by atoms with Crippen molar-refractivity contribution in [1.82, 2.24) is 0 Å². The van der Waals surface area contributed by atoms with Crippen molar-refractivity contribution >= 4 is 51.2 Å². The number of para-hydroxylation sites is 5. The summed E-state index contributed by atoms with van der Waals surface area (Å²) in [4.78, 5) is 7.13. The molecule has 3 heteroatoms. The molecule has 0 unspecified atom stereocenters. The number of anilines is 9. The van der Waals surface area contributed by atoms with Gasteiger partial charge in [0.1, 0.15) is 0 Å². The number of benzene rings is 7. The second kappa shape index (κ2) is 13.5. The molecule has 0 radical (unpaired) electrons. The molecule has 0 fully saturated rings. The standard InChI is InChI=1S/C44H37N3/c1-34-28-30-41(45(36-18-8-3-9-19-36)37-20-10-4-11-21-37)43(32-34)47(40-26-16-7-17-27-40)44-33-35(2)29-31-42(44)46(38-22-12-5-13-23-38)39-24-14-6-15-25-39/h3-33H,1-2H3. The second-order valence-electron chi connectivity index (χ2n) is 11.7. The van der Waals surface area contributed by atoms with Crippen molar-refractivity contribution in [2.75, 3.05) is 14.7 Å². The average molecular weight is 608 g/mol. The molecular formula is C44H37N3. The molecule has 7 rings (SSSR count). The molecule has 3 nitrogen and oxygen atoms in total. The maximum absolute atomic E-state index is 2.42.